The van der Waals surface area contributed by atoms with Gasteiger partial charge in [0.2, 0.25) is 0 Å². The smallest absolute Gasteiger partial charge is 0.300 e. The molecule has 1 heterocycles. The van der Waals surface area contributed by atoms with Crippen molar-refractivity contribution in [2.75, 3.05) is 12.0 Å². The van der Waals surface area contributed by atoms with Crippen LogP contribution in [0.3, 0.4) is 0 Å². The zero-order chi connectivity index (χ0) is 22.1. The molecule has 156 valence electrons. The minimum absolute atomic E-state index is 0.107. The Morgan fingerprint density at radius 2 is 1.74 bits per heavy atom. The van der Waals surface area contributed by atoms with Crippen molar-refractivity contribution < 1.29 is 23.8 Å². The van der Waals surface area contributed by atoms with E-state index in [1.54, 1.807) is 48.5 Å². The molecule has 3 aromatic carbocycles. The lowest BCUT2D eigenvalue weighted by Gasteiger charge is -2.25. The number of ether oxygens (including phenoxy) is 1. The molecule has 0 aromatic heterocycles. The average molecular weight is 438 g/mol. The van der Waals surface area contributed by atoms with E-state index in [-0.39, 0.29) is 17.0 Å². The zero-order valence-electron chi connectivity index (χ0n) is 16.4. The molecule has 1 saturated heterocycles. The molecule has 0 saturated carbocycles. The monoisotopic (exact) mass is 437 g/mol. The van der Waals surface area contributed by atoms with Crippen molar-refractivity contribution in [3.63, 3.8) is 0 Å². The van der Waals surface area contributed by atoms with Crippen LogP contribution in [-0.4, -0.2) is 23.9 Å². The maximum absolute atomic E-state index is 13.9. The predicted molar refractivity (Wildman–Crippen MR) is 116 cm³/mol. The average Bonchev–Trinajstić information content (AvgIpc) is 3.04. The Bertz CT molecular complexity index is 1210. The van der Waals surface area contributed by atoms with E-state index in [9.17, 15) is 19.1 Å². The van der Waals surface area contributed by atoms with E-state index in [0.717, 1.165) is 0 Å². The maximum Gasteiger partial charge on any atom is 0.300 e. The first-order valence-electron chi connectivity index (χ1n) is 9.37. The van der Waals surface area contributed by atoms with Crippen LogP contribution in [0.5, 0.6) is 5.75 Å². The molecule has 1 unspecified atom stereocenters. The van der Waals surface area contributed by atoms with Gasteiger partial charge in [0.25, 0.3) is 11.7 Å². The number of aliphatic hydroxyl groups excluding tert-OH is 1. The normalized spacial score (nSPS) is 17.8. The number of nitrogens with zero attached hydrogens (tertiary/aromatic N) is 1. The standard InChI is InChI=1S/C24H17ClFNO4/c1-31-19-7-2-4-15(12-19)21-20(22(28)14-8-10-16(25)11-9-14)23(29)24(30)27(21)18-6-3-5-17(26)13-18/h2-13,21,28H,1H3/b22-20+. The third-order valence-electron chi connectivity index (χ3n) is 5.06. The molecule has 0 radical (unpaired) electrons. The van der Waals surface area contributed by atoms with E-state index < -0.39 is 23.5 Å². The second kappa shape index (κ2) is 8.24. The molecular weight excluding hydrogens is 421 g/mol. The number of Topliss-reactive ketones (excluding diaryl/α,β-unsaturated/α-hetero) is 1. The molecular formula is C24H17ClFNO4. The molecule has 1 N–H and O–H groups in total. The van der Waals surface area contributed by atoms with E-state index in [4.69, 9.17) is 16.3 Å². The lowest BCUT2D eigenvalue weighted by Crippen LogP contribution is -2.29. The molecule has 1 atom stereocenters. The highest BCUT2D eigenvalue weighted by Crippen LogP contribution is 2.42. The largest absolute Gasteiger partial charge is 0.507 e. The quantitative estimate of drug-likeness (QED) is 0.350. The molecule has 0 spiro atoms. The number of carbonyl (C=O) groups is 2. The van der Waals surface area contributed by atoms with Crippen LogP contribution in [0.25, 0.3) is 5.76 Å². The Morgan fingerprint density at radius 1 is 1.03 bits per heavy atom. The number of hydrogen-bond donors (Lipinski definition) is 1. The Balaban J connectivity index is 1.96. The van der Waals surface area contributed by atoms with E-state index in [0.29, 0.717) is 21.9 Å². The fourth-order valence-electron chi connectivity index (χ4n) is 3.62. The van der Waals surface area contributed by atoms with Crippen LogP contribution in [0.15, 0.2) is 78.4 Å². The third-order valence-corrected chi connectivity index (χ3v) is 5.31. The summed E-state index contributed by atoms with van der Waals surface area (Å²) in [6.45, 7) is 0. The third kappa shape index (κ3) is 3.78. The summed E-state index contributed by atoms with van der Waals surface area (Å²) in [4.78, 5) is 27.2. The van der Waals surface area contributed by atoms with E-state index in [2.05, 4.69) is 0 Å². The van der Waals surface area contributed by atoms with Crippen LogP contribution in [0.1, 0.15) is 17.2 Å². The first-order chi connectivity index (χ1) is 14.9. The summed E-state index contributed by atoms with van der Waals surface area (Å²) < 4.78 is 19.2. The molecule has 31 heavy (non-hydrogen) atoms. The van der Waals surface area contributed by atoms with Crippen LogP contribution in [0, 0.1) is 5.82 Å². The highest BCUT2D eigenvalue weighted by molar-refractivity contribution is 6.51. The Labute approximate surface area is 182 Å². The Kier molecular flexibility index (Phi) is 5.48. The van der Waals surface area contributed by atoms with Crippen LogP contribution >= 0.6 is 11.6 Å². The van der Waals surface area contributed by atoms with Gasteiger partial charge in [0.1, 0.15) is 17.3 Å². The van der Waals surface area contributed by atoms with Crippen LogP contribution in [-0.2, 0) is 9.59 Å². The molecule has 0 bridgehead atoms. The molecule has 1 aliphatic rings. The number of aliphatic hydroxyl groups is 1. The summed E-state index contributed by atoms with van der Waals surface area (Å²) in [7, 11) is 1.50. The number of ketones is 1. The summed E-state index contributed by atoms with van der Waals surface area (Å²) in [6.07, 6.45) is 0. The van der Waals surface area contributed by atoms with Crippen LogP contribution in [0.4, 0.5) is 10.1 Å². The number of amides is 1. The van der Waals surface area contributed by atoms with Crippen molar-refractivity contribution in [3.8, 4) is 5.75 Å². The minimum Gasteiger partial charge on any atom is -0.507 e. The second-order valence-electron chi connectivity index (χ2n) is 6.93. The van der Waals surface area contributed by atoms with Gasteiger partial charge in [0, 0.05) is 16.3 Å². The van der Waals surface area contributed by atoms with Crippen molar-refractivity contribution in [3.05, 3.63) is 100 Å². The predicted octanol–water partition coefficient (Wildman–Crippen LogP) is 5.11. The highest BCUT2D eigenvalue weighted by atomic mass is 35.5. The van der Waals surface area contributed by atoms with Gasteiger partial charge in [0.15, 0.2) is 0 Å². The lowest BCUT2D eigenvalue weighted by molar-refractivity contribution is -0.132. The second-order valence-corrected chi connectivity index (χ2v) is 7.37. The van der Waals surface area contributed by atoms with E-state index in [1.807, 2.05) is 0 Å². The van der Waals surface area contributed by atoms with Gasteiger partial charge < -0.3 is 9.84 Å². The first kappa shape index (κ1) is 20.6. The van der Waals surface area contributed by atoms with Crippen LogP contribution < -0.4 is 9.64 Å². The highest BCUT2D eigenvalue weighted by Gasteiger charge is 2.47. The summed E-state index contributed by atoms with van der Waals surface area (Å²) in [6, 6.07) is 17.5. The van der Waals surface area contributed by atoms with Crippen molar-refractivity contribution >= 4 is 34.7 Å². The van der Waals surface area contributed by atoms with Gasteiger partial charge in [-0.1, -0.05) is 29.8 Å². The summed E-state index contributed by atoms with van der Waals surface area (Å²) in [5.41, 5.74) is 0.947. The lowest BCUT2D eigenvalue weighted by atomic mass is 9.95. The number of benzene rings is 3. The van der Waals surface area contributed by atoms with Gasteiger partial charge >= 0.3 is 0 Å². The molecule has 4 rings (SSSR count). The molecule has 3 aromatic rings. The van der Waals surface area contributed by atoms with Crippen molar-refractivity contribution in [1.29, 1.82) is 0 Å². The van der Waals surface area contributed by atoms with Gasteiger partial charge in [-0.25, -0.2) is 4.39 Å². The van der Waals surface area contributed by atoms with Gasteiger partial charge in [-0.3, -0.25) is 14.5 Å². The Morgan fingerprint density at radius 3 is 2.42 bits per heavy atom. The number of hydrogen-bond acceptors (Lipinski definition) is 4. The maximum atomic E-state index is 13.9. The molecule has 1 amide bonds. The molecule has 0 aliphatic carbocycles. The zero-order valence-corrected chi connectivity index (χ0v) is 17.1. The van der Waals surface area contributed by atoms with Gasteiger partial charge in [-0.15, -0.1) is 0 Å². The van der Waals surface area contributed by atoms with Gasteiger partial charge in [-0.2, -0.15) is 0 Å². The summed E-state index contributed by atoms with van der Waals surface area (Å²) in [5.74, 6) is -2.13. The number of carbonyl (C=O) groups excluding carboxylic acids is 2. The Hall–Kier alpha value is -3.64. The number of anilines is 1. The fraction of sp³-hybridized carbons (Fsp3) is 0.0833. The molecule has 7 heteroatoms. The first-order valence-corrected chi connectivity index (χ1v) is 9.75. The van der Waals surface area contributed by atoms with Crippen LogP contribution in [0.2, 0.25) is 5.02 Å². The molecule has 1 aliphatic heterocycles. The number of rotatable bonds is 4. The number of methoxy groups -OCH3 is 1. The van der Waals surface area contributed by atoms with Crippen molar-refractivity contribution in [2.24, 2.45) is 0 Å². The SMILES string of the molecule is COc1cccc(C2/C(=C(\O)c3ccc(Cl)cc3)C(=O)C(=O)N2c2cccc(F)c2)c1. The minimum atomic E-state index is -0.979. The fourth-order valence-corrected chi connectivity index (χ4v) is 3.74. The molecule has 1 fully saturated rings. The molecule has 5 nitrogen and oxygen atoms in total. The van der Waals surface area contributed by atoms with Gasteiger partial charge in [-0.05, 0) is 60.2 Å². The summed E-state index contributed by atoms with van der Waals surface area (Å²) in [5, 5.41) is 11.5. The van der Waals surface area contributed by atoms with Gasteiger partial charge in [0.05, 0.1) is 18.7 Å². The van der Waals surface area contributed by atoms with E-state index in [1.165, 1.54) is 36.3 Å². The van der Waals surface area contributed by atoms with E-state index >= 15 is 0 Å². The summed E-state index contributed by atoms with van der Waals surface area (Å²) >= 11 is 5.93. The number of halogens is 2. The van der Waals surface area contributed by atoms with Crippen molar-refractivity contribution in [2.45, 2.75) is 6.04 Å². The van der Waals surface area contributed by atoms with Crippen molar-refractivity contribution in [1.82, 2.24) is 0 Å². The topological polar surface area (TPSA) is 66.8 Å².